The minimum atomic E-state index is -1.07. The largest absolute Gasteiger partial charge is 0.480 e. The van der Waals surface area contributed by atoms with E-state index >= 15 is 0 Å². The van der Waals surface area contributed by atoms with Gasteiger partial charge in [0, 0.05) is 19.0 Å². The Bertz CT molecular complexity index is 1470. The van der Waals surface area contributed by atoms with Crippen LogP contribution in [0.15, 0.2) is 0 Å². The number of amides is 3. The number of hydrogen-bond donors (Lipinski definition) is 3. The zero-order valence-corrected chi connectivity index (χ0v) is 37.2. The molecule has 0 unspecified atom stereocenters. The van der Waals surface area contributed by atoms with E-state index in [-0.39, 0.29) is 35.0 Å². The molecule has 55 heavy (non-hydrogen) atoms. The van der Waals surface area contributed by atoms with Gasteiger partial charge in [-0.3, -0.25) is 9.59 Å². The van der Waals surface area contributed by atoms with Crippen LogP contribution in [0.5, 0.6) is 0 Å². The van der Waals surface area contributed by atoms with Gasteiger partial charge >= 0.3 is 24.1 Å². The molecule has 2 saturated carbocycles. The number of carboxylic acids is 1. The summed E-state index contributed by atoms with van der Waals surface area (Å²) in [5.74, 6) is -0.0142. The van der Waals surface area contributed by atoms with E-state index in [1.54, 1.807) is 78.6 Å². The first-order valence-electron chi connectivity index (χ1n) is 19.0. The summed E-state index contributed by atoms with van der Waals surface area (Å²) in [7, 11) is 1.34. The molecule has 3 amide bonds. The Hall–Kier alpha value is -3.13. The average molecular weight is 801 g/mol. The number of piperidine rings is 2. The summed E-state index contributed by atoms with van der Waals surface area (Å²) < 4.78 is 17.0. The number of ketones is 1. The lowest BCUT2D eigenvalue weighted by molar-refractivity contribution is -0.154. The lowest BCUT2D eigenvalue weighted by Crippen LogP contribution is -2.58. The fourth-order valence-electron chi connectivity index (χ4n) is 7.91. The highest BCUT2D eigenvalue weighted by Gasteiger charge is 2.70. The van der Waals surface area contributed by atoms with Gasteiger partial charge in [-0.1, -0.05) is 69.2 Å². The Morgan fingerprint density at radius 3 is 1.38 bits per heavy atom. The number of likely N-dealkylation sites (tertiary alicyclic amines) is 1. The number of alkyl carbamates (subject to hydrolysis) is 2. The SMILES string of the molecule is CC(=O)[C@@H]1[C@@H]2[C@H](CN1Cl)C2(C)C.CC(C)(C)OC(=O)N[C@H](C(=O)O)C(C)(C)C.COC(=O)[C@@H]1[C@@H]2[C@H](CN1C(=O)[C@@H](NC(=O)OC(C)(C)C)C(C)(C)C)C2(C)C. The van der Waals surface area contributed by atoms with Gasteiger partial charge < -0.3 is 34.9 Å². The monoisotopic (exact) mass is 800 g/mol. The smallest absolute Gasteiger partial charge is 0.408 e. The second-order valence-corrected chi connectivity index (χ2v) is 21.2. The maximum absolute atomic E-state index is 13.3. The lowest BCUT2D eigenvalue weighted by atomic mass is 9.85. The van der Waals surface area contributed by atoms with Crippen molar-refractivity contribution < 1.29 is 48.1 Å². The molecule has 4 rings (SSSR count). The van der Waals surface area contributed by atoms with E-state index in [4.69, 9.17) is 31.1 Å². The van der Waals surface area contributed by atoms with Crippen LogP contribution in [0.1, 0.15) is 118 Å². The topological polar surface area (TPSA) is 181 Å². The second-order valence-electron chi connectivity index (χ2n) is 20.7. The van der Waals surface area contributed by atoms with Crippen molar-refractivity contribution in [3.8, 4) is 0 Å². The van der Waals surface area contributed by atoms with Gasteiger partial charge in [-0.2, -0.15) is 0 Å². The van der Waals surface area contributed by atoms with E-state index < -0.39 is 64.3 Å². The number of methoxy groups -OCH3 is 1. The first-order chi connectivity index (χ1) is 24.5. The Labute approximate surface area is 333 Å². The van der Waals surface area contributed by atoms with Crippen molar-refractivity contribution in [3.05, 3.63) is 0 Å². The molecule has 0 bridgehead atoms. The highest BCUT2D eigenvalue weighted by Crippen LogP contribution is 2.66. The van der Waals surface area contributed by atoms with E-state index in [0.29, 0.717) is 23.8 Å². The Morgan fingerprint density at radius 1 is 0.691 bits per heavy atom. The van der Waals surface area contributed by atoms with Crippen LogP contribution >= 0.6 is 11.8 Å². The number of rotatable bonds is 6. The quantitative estimate of drug-likeness (QED) is 0.156. The van der Waals surface area contributed by atoms with Crippen molar-refractivity contribution in [3.63, 3.8) is 0 Å². The summed E-state index contributed by atoms with van der Waals surface area (Å²) in [6.45, 7) is 33.0. The van der Waals surface area contributed by atoms with E-state index in [0.717, 1.165) is 6.54 Å². The summed E-state index contributed by atoms with van der Waals surface area (Å²) in [6, 6.07) is -2.40. The van der Waals surface area contributed by atoms with Gasteiger partial charge in [0.15, 0.2) is 0 Å². The maximum atomic E-state index is 13.3. The first kappa shape index (κ1) is 48.0. The fourth-order valence-corrected chi connectivity index (χ4v) is 8.31. The highest BCUT2D eigenvalue weighted by molar-refractivity contribution is 6.15. The zero-order valence-electron chi connectivity index (χ0n) is 36.4. The molecule has 316 valence electrons. The van der Waals surface area contributed by atoms with Crippen molar-refractivity contribution in [2.45, 2.75) is 153 Å². The zero-order chi connectivity index (χ0) is 43.2. The van der Waals surface area contributed by atoms with Crippen molar-refractivity contribution >= 4 is 47.6 Å². The molecule has 2 heterocycles. The predicted molar refractivity (Wildman–Crippen MR) is 209 cm³/mol. The van der Waals surface area contributed by atoms with Crippen LogP contribution in [0, 0.1) is 45.3 Å². The number of carboxylic acid groups (broad SMARTS) is 1. The molecule has 2 aliphatic carbocycles. The molecule has 0 aromatic rings. The minimum Gasteiger partial charge on any atom is -0.480 e. The summed E-state index contributed by atoms with van der Waals surface area (Å²) >= 11 is 5.94. The van der Waals surface area contributed by atoms with Crippen LogP contribution in [-0.2, 0) is 33.4 Å². The molecule has 0 spiro atoms. The first-order valence-corrected chi connectivity index (χ1v) is 19.4. The molecule has 2 aliphatic heterocycles. The number of nitrogens with zero attached hydrogens (tertiary/aromatic N) is 2. The lowest BCUT2D eigenvalue weighted by Gasteiger charge is -2.37. The highest BCUT2D eigenvalue weighted by atomic mass is 35.5. The third kappa shape index (κ3) is 11.9. The number of carbonyl (C=O) groups is 6. The summed E-state index contributed by atoms with van der Waals surface area (Å²) in [4.78, 5) is 73.3. The van der Waals surface area contributed by atoms with Gasteiger partial charge in [-0.05, 0) is 99.7 Å². The van der Waals surface area contributed by atoms with Crippen LogP contribution in [0.4, 0.5) is 9.59 Å². The van der Waals surface area contributed by atoms with E-state index in [9.17, 15) is 28.8 Å². The number of hydrogen-bond acceptors (Lipinski definition) is 10. The van der Waals surface area contributed by atoms with Crippen LogP contribution in [0.2, 0.25) is 0 Å². The van der Waals surface area contributed by atoms with Crippen molar-refractivity contribution in [2.24, 2.45) is 45.3 Å². The molecule has 2 saturated heterocycles. The van der Waals surface area contributed by atoms with E-state index in [2.05, 4.69) is 38.3 Å². The standard InChI is InChI=1S/C20H34N2O5.C11H21NO4.C9H14ClNO/c1-18(2,3)14(21-17(25)27-19(4,5)6)15(23)22-10-11-12(20(11,7)8)13(22)16(24)26-9;1-10(2,3)7(8(13)14)12-9(15)16-11(4,5)6;1-5(12)8-7-6(4-11(8)10)9(7,2)3/h11-14H,10H2,1-9H3,(H,21,25);7H,1-6H3,(H,12,15)(H,13,14);6-8H,4H2,1-3H3/t11-,12-,13-,14+;7-;6-,7-,8+/m010/s1. The molecule has 14 nitrogen and oxygen atoms in total. The number of fused-ring (bicyclic) bond motifs is 2. The number of nitrogens with one attached hydrogen (secondary N) is 2. The van der Waals surface area contributed by atoms with Crippen LogP contribution in [-0.4, -0.2) is 106 Å². The van der Waals surface area contributed by atoms with Crippen LogP contribution in [0.25, 0.3) is 0 Å². The number of halogens is 1. The molecule has 0 radical (unpaired) electrons. The Morgan fingerprint density at radius 2 is 1.07 bits per heavy atom. The van der Waals surface area contributed by atoms with Gasteiger partial charge in [-0.25, -0.2) is 23.6 Å². The van der Waals surface area contributed by atoms with Crippen molar-refractivity contribution in [1.29, 1.82) is 0 Å². The number of esters is 1. The van der Waals surface area contributed by atoms with Gasteiger partial charge in [0.05, 0.1) is 13.2 Å². The summed E-state index contributed by atoms with van der Waals surface area (Å²) in [5, 5.41) is 14.1. The molecule has 8 atom stereocenters. The van der Waals surface area contributed by atoms with Crippen molar-refractivity contribution in [2.75, 3.05) is 20.2 Å². The van der Waals surface area contributed by atoms with Gasteiger partial charge in [-0.15, -0.1) is 0 Å². The van der Waals surface area contributed by atoms with Gasteiger partial charge in [0.25, 0.3) is 0 Å². The van der Waals surface area contributed by atoms with Crippen LogP contribution in [0.3, 0.4) is 0 Å². The van der Waals surface area contributed by atoms with Gasteiger partial charge in [0.2, 0.25) is 5.91 Å². The number of Topliss-reactive ketones (excluding diaryl/α,β-unsaturated/α-hetero) is 1. The summed E-state index contributed by atoms with van der Waals surface area (Å²) in [6.07, 6.45) is -1.36. The molecule has 0 aromatic heterocycles. The third-order valence-corrected chi connectivity index (χ3v) is 11.4. The normalized spacial score (nSPS) is 27.2. The number of aliphatic carboxylic acids is 1. The number of ether oxygens (including phenoxy) is 3. The maximum Gasteiger partial charge on any atom is 0.408 e. The fraction of sp³-hybridized carbons (Fsp3) is 0.850. The van der Waals surface area contributed by atoms with Crippen molar-refractivity contribution in [1.82, 2.24) is 20.0 Å². The Kier molecular flexibility index (Phi) is 14.3. The molecule has 0 aromatic carbocycles. The molecule has 4 fully saturated rings. The molecule has 4 aliphatic rings. The molecular formula is C40H69ClN4O10. The second kappa shape index (κ2) is 16.4. The van der Waals surface area contributed by atoms with E-state index in [1.165, 1.54) is 7.11 Å². The van der Waals surface area contributed by atoms with Crippen LogP contribution < -0.4 is 10.6 Å². The number of carbonyl (C=O) groups excluding carboxylic acids is 5. The minimum absolute atomic E-state index is 0.0193. The van der Waals surface area contributed by atoms with Gasteiger partial charge in [0.1, 0.15) is 35.1 Å². The average Bonchev–Trinajstić information content (AvgIpc) is 3.45. The summed E-state index contributed by atoms with van der Waals surface area (Å²) in [5.41, 5.74) is -2.04. The molecule has 3 N–H and O–H groups in total. The molecule has 15 heteroatoms. The third-order valence-electron chi connectivity index (χ3n) is 11.1. The Balaban J connectivity index is 0.000000315. The molecular weight excluding hydrogens is 732 g/mol. The predicted octanol–water partition coefficient (Wildman–Crippen LogP) is 6.28. The van der Waals surface area contributed by atoms with E-state index in [1.807, 2.05) is 20.8 Å².